The molecule has 1 fully saturated rings. The summed E-state index contributed by atoms with van der Waals surface area (Å²) in [6, 6.07) is 8.65. The Balaban J connectivity index is 1.62. The summed E-state index contributed by atoms with van der Waals surface area (Å²) in [5, 5.41) is 0. The van der Waals surface area contributed by atoms with Crippen molar-refractivity contribution < 1.29 is 4.79 Å². The summed E-state index contributed by atoms with van der Waals surface area (Å²) in [7, 11) is 0. The monoisotopic (exact) mass is 326 g/mol. The number of amides is 1. The molecule has 0 spiro atoms. The third kappa shape index (κ3) is 3.36. The molecule has 128 valence electrons. The number of hydrogen-bond acceptors (Lipinski definition) is 3. The van der Waals surface area contributed by atoms with Crippen LogP contribution in [0.15, 0.2) is 43.2 Å². The SMILES string of the molecule is C=CCN1C[C@@H](C)N(C(=O)CCn2cnc3ccccc32)C[C@H]1C. The van der Waals surface area contributed by atoms with Crippen LogP contribution in [0.4, 0.5) is 0 Å². The van der Waals surface area contributed by atoms with Gasteiger partial charge in [-0.25, -0.2) is 4.98 Å². The quantitative estimate of drug-likeness (QED) is 0.793. The summed E-state index contributed by atoms with van der Waals surface area (Å²) in [6.07, 6.45) is 4.27. The van der Waals surface area contributed by atoms with Gasteiger partial charge in [0.2, 0.25) is 5.91 Å². The summed E-state index contributed by atoms with van der Waals surface area (Å²) < 4.78 is 2.06. The number of piperazine rings is 1. The minimum atomic E-state index is 0.227. The number of para-hydroxylation sites is 2. The lowest BCUT2D eigenvalue weighted by molar-refractivity contribution is -0.137. The predicted octanol–water partition coefficient (Wildman–Crippen LogP) is 2.53. The number of carbonyl (C=O) groups excluding carboxylic acids is 1. The maximum Gasteiger partial charge on any atom is 0.224 e. The number of hydrogen-bond donors (Lipinski definition) is 0. The molecule has 2 heterocycles. The highest BCUT2D eigenvalue weighted by atomic mass is 16.2. The molecule has 0 bridgehead atoms. The summed E-state index contributed by atoms with van der Waals surface area (Å²) in [5.41, 5.74) is 2.06. The van der Waals surface area contributed by atoms with Crippen LogP contribution < -0.4 is 0 Å². The van der Waals surface area contributed by atoms with Gasteiger partial charge in [0.1, 0.15) is 0 Å². The molecule has 0 saturated carbocycles. The molecule has 0 aliphatic carbocycles. The van der Waals surface area contributed by atoms with Gasteiger partial charge in [0.25, 0.3) is 0 Å². The summed E-state index contributed by atoms with van der Waals surface area (Å²) in [6.45, 7) is 11.4. The maximum absolute atomic E-state index is 12.7. The zero-order valence-electron chi connectivity index (χ0n) is 14.6. The fraction of sp³-hybridized carbons (Fsp3) is 0.474. The Hall–Kier alpha value is -2.14. The Bertz CT molecular complexity index is 723. The predicted molar refractivity (Wildman–Crippen MR) is 96.8 cm³/mol. The first-order chi connectivity index (χ1) is 11.6. The minimum Gasteiger partial charge on any atom is -0.337 e. The molecule has 0 unspecified atom stereocenters. The molecule has 1 aliphatic rings. The van der Waals surface area contributed by atoms with Crippen LogP contribution in [0.2, 0.25) is 0 Å². The van der Waals surface area contributed by atoms with Crippen molar-refractivity contribution in [2.45, 2.75) is 38.9 Å². The van der Waals surface area contributed by atoms with Gasteiger partial charge in [-0.15, -0.1) is 6.58 Å². The lowest BCUT2D eigenvalue weighted by atomic mass is 10.1. The van der Waals surface area contributed by atoms with Gasteiger partial charge in [-0.3, -0.25) is 9.69 Å². The van der Waals surface area contributed by atoms with E-state index in [9.17, 15) is 4.79 Å². The highest BCUT2D eigenvalue weighted by Gasteiger charge is 2.30. The molecular formula is C19H26N4O. The molecule has 1 aliphatic heterocycles. The Morgan fingerprint density at radius 2 is 2.08 bits per heavy atom. The second-order valence-electron chi connectivity index (χ2n) is 6.66. The van der Waals surface area contributed by atoms with E-state index in [0.29, 0.717) is 19.0 Å². The zero-order valence-corrected chi connectivity index (χ0v) is 14.6. The molecule has 2 atom stereocenters. The van der Waals surface area contributed by atoms with Crippen LogP contribution in [0.25, 0.3) is 11.0 Å². The minimum absolute atomic E-state index is 0.227. The Morgan fingerprint density at radius 3 is 2.88 bits per heavy atom. The molecule has 1 amide bonds. The first-order valence-corrected chi connectivity index (χ1v) is 8.64. The van der Waals surface area contributed by atoms with Crippen LogP contribution in [0.3, 0.4) is 0 Å². The molecule has 5 nitrogen and oxygen atoms in total. The van der Waals surface area contributed by atoms with Crippen LogP contribution in [0, 0.1) is 0 Å². The lowest BCUT2D eigenvalue weighted by Gasteiger charge is -2.44. The summed E-state index contributed by atoms with van der Waals surface area (Å²) in [5.74, 6) is 0.227. The van der Waals surface area contributed by atoms with Crippen LogP contribution in [-0.2, 0) is 11.3 Å². The Morgan fingerprint density at radius 1 is 1.29 bits per heavy atom. The third-order valence-electron chi connectivity index (χ3n) is 4.89. The van der Waals surface area contributed by atoms with Crippen LogP contribution in [-0.4, -0.2) is 57.0 Å². The number of imidazole rings is 1. The van der Waals surface area contributed by atoms with Crippen molar-refractivity contribution in [1.29, 1.82) is 0 Å². The zero-order chi connectivity index (χ0) is 17.1. The highest BCUT2D eigenvalue weighted by molar-refractivity contribution is 5.78. The average molecular weight is 326 g/mol. The van der Waals surface area contributed by atoms with Gasteiger partial charge in [-0.05, 0) is 26.0 Å². The first-order valence-electron chi connectivity index (χ1n) is 8.64. The smallest absolute Gasteiger partial charge is 0.224 e. The highest BCUT2D eigenvalue weighted by Crippen LogP contribution is 2.17. The van der Waals surface area contributed by atoms with Crippen LogP contribution in [0.1, 0.15) is 20.3 Å². The van der Waals surface area contributed by atoms with Gasteiger partial charge in [-0.1, -0.05) is 18.2 Å². The number of fused-ring (bicyclic) bond motifs is 1. The van der Waals surface area contributed by atoms with E-state index in [1.54, 1.807) is 0 Å². The van der Waals surface area contributed by atoms with Gasteiger partial charge in [0.05, 0.1) is 17.4 Å². The molecular weight excluding hydrogens is 300 g/mol. The van der Waals surface area contributed by atoms with Crippen molar-refractivity contribution in [3.8, 4) is 0 Å². The fourth-order valence-corrected chi connectivity index (χ4v) is 3.51. The van der Waals surface area contributed by atoms with E-state index in [2.05, 4.69) is 34.9 Å². The van der Waals surface area contributed by atoms with Gasteiger partial charge >= 0.3 is 0 Å². The van der Waals surface area contributed by atoms with E-state index in [0.717, 1.165) is 30.7 Å². The topological polar surface area (TPSA) is 41.4 Å². The number of aromatic nitrogens is 2. The maximum atomic E-state index is 12.7. The molecule has 3 rings (SSSR count). The summed E-state index contributed by atoms with van der Waals surface area (Å²) >= 11 is 0. The molecule has 24 heavy (non-hydrogen) atoms. The van der Waals surface area contributed by atoms with Gasteiger partial charge in [0.15, 0.2) is 0 Å². The molecule has 0 N–H and O–H groups in total. The van der Waals surface area contributed by atoms with E-state index in [-0.39, 0.29) is 11.9 Å². The molecule has 1 aromatic carbocycles. The van der Waals surface area contributed by atoms with Crippen LogP contribution >= 0.6 is 0 Å². The molecule has 0 radical (unpaired) electrons. The lowest BCUT2D eigenvalue weighted by Crippen LogP contribution is -2.58. The van der Waals surface area contributed by atoms with Crippen molar-refractivity contribution in [2.24, 2.45) is 0 Å². The first kappa shape index (κ1) is 16.7. The number of aryl methyl sites for hydroxylation is 1. The number of nitrogens with zero attached hydrogens (tertiary/aromatic N) is 4. The standard InChI is InChI=1S/C19H26N4O/c1-4-10-21-12-16(3)23(13-15(21)2)19(24)9-11-22-14-20-17-7-5-6-8-18(17)22/h4-8,14-16H,1,9-13H2,2-3H3/t15-,16-/m1/s1. The second-order valence-corrected chi connectivity index (χ2v) is 6.66. The number of carbonyl (C=O) groups is 1. The molecule has 1 aromatic heterocycles. The second kappa shape index (κ2) is 7.18. The number of rotatable bonds is 5. The van der Waals surface area contributed by atoms with Crippen molar-refractivity contribution in [3.05, 3.63) is 43.2 Å². The van der Waals surface area contributed by atoms with Crippen molar-refractivity contribution in [3.63, 3.8) is 0 Å². The van der Waals surface area contributed by atoms with E-state index >= 15 is 0 Å². The molecule has 2 aromatic rings. The fourth-order valence-electron chi connectivity index (χ4n) is 3.51. The van der Waals surface area contributed by atoms with Gasteiger partial charge < -0.3 is 9.47 Å². The Labute approximate surface area is 143 Å². The Kier molecular flexibility index (Phi) is 5.00. The van der Waals surface area contributed by atoms with Crippen molar-refractivity contribution in [2.75, 3.05) is 19.6 Å². The number of benzene rings is 1. The van der Waals surface area contributed by atoms with E-state index in [1.165, 1.54) is 0 Å². The van der Waals surface area contributed by atoms with Crippen molar-refractivity contribution in [1.82, 2.24) is 19.4 Å². The average Bonchev–Trinajstić information content (AvgIpc) is 2.99. The summed E-state index contributed by atoms with van der Waals surface area (Å²) in [4.78, 5) is 21.5. The van der Waals surface area contributed by atoms with Crippen LogP contribution in [0.5, 0.6) is 0 Å². The van der Waals surface area contributed by atoms with Gasteiger partial charge in [0, 0.05) is 44.7 Å². The van der Waals surface area contributed by atoms with E-state index in [1.807, 2.05) is 41.6 Å². The molecule has 5 heteroatoms. The van der Waals surface area contributed by atoms with Crippen molar-refractivity contribution >= 4 is 16.9 Å². The molecule has 1 saturated heterocycles. The third-order valence-corrected chi connectivity index (χ3v) is 4.89. The normalized spacial score (nSPS) is 22.0. The van der Waals surface area contributed by atoms with Gasteiger partial charge in [-0.2, -0.15) is 0 Å². The largest absolute Gasteiger partial charge is 0.337 e. The van der Waals surface area contributed by atoms with E-state index in [4.69, 9.17) is 0 Å². The van der Waals surface area contributed by atoms with E-state index < -0.39 is 0 Å².